The highest BCUT2D eigenvalue weighted by Crippen LogP contribution is 2.30. The van der Waals surface area contributed by atoms with Gasteiger partial charge in [0.15, 0.2) is 17.5 Å². The van der Waals surface area contributed by atoms with E-state index in [0.29, 0.717) is 16.3 Å². The Kier molecular flexibility index (Phi) is 4.20. The van der Waals surface area contributed by atoms with Gasteiger partial charge >= 0.3 is 0 Å². The molecule has 2 nitrogen and oxygen atoms in total. The summed E-state index contributed by atoms with van der Waals surface area (Å²) in [6.45, 7) is 0. The van der Waals surface area contributed by atoms with Crippen molar-refractivity contribution in [2.75, 3.05) is 7.11 Å². The minimum absolute atomic E-state index is 0.114. The fourth-order valence-corrected chi connectivity index (χ4v) is 2.09. The van der Waals surface area contributed by atoms with Crippen LogP contribution in [0.2, 0.25) is 5.02 Å². The second-order valence-corrected chi connectivity index (χ2v) is 4.58. The smallest absolute Gasteiger partial charge is 0.194 e. The summed E-state index contributed by atoms with van der Waals surface area (Å²) in [4.78, 5) is 0. The Bertz CT molecular complexity index is 625. The van der Waals surface area contributed by atoms with E-state index < -0.39 is 23.5 Å². The lowest BCUT2D eigenvalue weighted by atomic mass is 9.99. The molecule has 0 aromatic heterocycles. The molecule has 0 fully saturated rings. The summed E-state index contributed by atoms with van der Waals surface area (Å²) in [5, 5.41) is 0.323. The summed E-state index contributed by atoms with van der Waals surface area (Å²) in [7, 11) is 1.46. The molecule has 0 bridgehead atoms. The molecule has 0 amide bonds. The maximum Gasteiger partial charge on any atom is 0.194 e. The summed E-state index contributed by atoms with van der Waals surface area (Å²) in [6.07, 6.45) is 0. The number of ether oxygens (including phenoxy) is 1. The topological polar surface area (TPSA) is 35.2 Å². The van der Waals surface area contributed by atoms with Crippen molar-refractivity contribution in [1.29, 1.82) is 0 Å². The van der Waals surface area contributed by atoms with E-state index >= 15 is 0 Å². The minimum atomic E-state index is -1.52. The first-order valence-corrected chi connectivity index (χ1v) is 6.05. The van der Waals surface area contributed by atoms with E-state index in [9.17, 15) is 13.2 Å². The Morgan fingerprint density at radius 2 is 1.65 bits per heavy atom. The molecule has 2 N–H and O–H groups in total. The van der Waals surface area contributed by atoms with Crippen molar-refractivity contribution in [1.82, 2.24) is 0 Å². The molecular formula is C14H11ClF3NO. The molecule has 2 aromatic rings. The van der Waals surface area contributed by atoms with Gasteiger partial charge in [-0.15, -0.1) is 0 Å². The van der Waals surface area contributed by atoms with Crippen LogP contribution in [0.5, 0.6) is 5.75 Å². The van der Waals surface area contributed by atoms with Gasteiger partial charge in [0.2, 0.25) is 0 Å². The van der Waals surface area contributed by atoms with E-state index in [1.807, 2.05) is 0 Å². The molecule has 2 aromatic carbocycles. The SMILES string of the molecule is COc1ccc(C(N)c2cc(F)c(F)c(F)c2)cc1Cl. The molecule has 0 aliphatic heterocycles. The summed E-state index contributed by atoms with van der Waals surface area (Å²) >= 11 is 5.96. The first-order chi connectivity index (χ1) is 9.43. The van der Waals surface area contributed by atoms with Crippen molar-refractivity contribution in [2.24, 2.45) is 5.73 Å². The van der Waals surface area contributed by atoms with Crippen molar-refractivity contribution in [2.45, 2.75) is 6.04 Å². The highest BCUT2D eigenvalue weighted by atomic mass is 35.5. The van der Waals surface area contributed by atoms with Crippen LogP contribution >= 0.6 is 11.6 Å². The zero-order valence-corrected chi connectivity index (χ0v) is 11.2. The first kappa shape index (κ1) is 14.7. The van der Waals surface area contributed by atoms with Crippen molar-refractivity contribution >= 4 is 11.6 Å². The monoisotopic (exact) mass is 301 g/mol. The predicted octanol–water partition coefficient (Wildman–Crippen LogP) is 3.81. The fraction of sp³-hybridized carbons (Fsp3) is 0.143. The molecule has 0 saturated carbocycles. The van der Waals surface area contributed by atoms with Crippen LogP contribution in [-0.4, -0.2) is 7.11 Å². The Morgan fingerprint density at radius 1 is 1.05 bits per heavy atom. The number of rotatable bonds is 3. The normalized spacial score (nSPS) is 12.3. The van der Waals surface area contributed by atoms with Crippen molar-refractivity contribution in [3.05, 3.63) is 63.9 Å². The van der Waals surface area contributed by atoms with Crippen molar-refractivity contribution < 1.29 is 17.9 Å². The zero-order valence-electron chi connectivity index (χ0n) is 10.5. The van der Waals surface area contributed by atoms with Crippen LogP contribution in [0.1, 0.15) is 17.2 Å². The van der Waals surface area contributed by atoms with Gasteiger partial charge in [0.1, 0.15) is 5.75 Å². The van der Waals surface area contributed by atoms with E-state index in [0.717, 1.165) is 12.1 Å². The second kappa shape index (κ2) is 5.73. The number of benzene rings is 2. The van der Waals surface area contributed by atoms with Crippen molar-refractivity contribution in [3.8, 4) is 5.75 Å². The van der Waals surface area contributed by atoms with Gasteiger partial charge in [0.25, 0.3) is 0 Å². The van der Waals surface area contributed by atoms with Crippen LogP contribution in [0.25, 0.3) is 0 Å². The molecule has 0 heterocycles. The molecular weight excluding hydrogens is 291 g/mol. The van der Waals surface area contributed by atoms with E-state index in [1.54, 1.807) is 12.1 Å². The molecule has 0 saturated heterocycles. The highest BCUT2D eigenvalue weighted by Gasteiger charge is 2.17. The fourth-order valence-electron chi connectivity index (χ4n) is 1.82. The van der Waals surface area contributed by atoms with Gasteiger partial charge in [-0.1, -0.05) is 17.7 Å². The third-order valence-corrected chi connectivity index (χ3v) is 3.20. The van der Waals surface area contributed by atoms with Gasteiger partial charge in [0.05, 0.1) is 18.2 Å². The summed E-state index contributed by atoms with van der Waals surface area (Å²) in [5.74, 6) is -3.63. The Balaban J connectivity index is 2.41. The van der Waals surface area contributed by atoms with Gasteiger partial charge in [-0.05, 0) is 35.4 Å². The Morgan fingerprint density at radius 3 is 2.15 bits per heavy atom. The molecule has 1 unspecified atom stereocenters. The maximum absolute atomic E-state index is 13.2. The molecule has 1 atom stereocenters. The number of methoxy groups -OCH3 is 1. The number of hydrogen-bond donors (Lipinski definition) is 1. The Labute approximate surface area is 118 Å². The quantitative estimate of drug-likeness (QED) is 0.875. The molecule has 0 aliphatic rings. The average molecular weight is 302 g/mol. The van der Waals surface area contributed by atoms with Gasteiger partial charge in [-0.3, -0.25) is 0 Å². The average Bonchev–Trinajstić information content (AvgIpc) is 2.43. The summed E-state index contributed by atoms with van der Waals surface area (Å²) in [5.41, 5.74) is 6.55. The van der Waals surface area contributed by atoms with Gasteiger partial charge in [0, 0.05) is 0 Å². The molecule has 0 radical (unpaired) electrons. The largest absolute Gasteiger partial charge is 0.495 e. The van der Waals surface area contributed by atoms with Gasteiger partial charge in [-0.2, -0.15) is 0 Å². The van der Waals surface area contributed by atoms with Crippen LogP contribution in [0.3, 0.4) is 0 Å². The van der Waals surface area contributed by atoms with Crippen LogP contribution in [-0.2, 0) is 0 Å². The molecule has 20 heavy (non-hydrogen) atoms. The second-order valence-electron chi connectivity index (χ2n) is 4.17. The number of hydrogen-bond acceptors (Lipinski definition) is 2. The van der Waals surface area contributed by atoms with Crippen LogP contribution < -0.4 is 10.5 Å². The first-order valence-electron chi connectivity index (χ1n) is 5.67. The van der Waals surface area contributed by atoms with E-state index in [2.05, 4.69) is 0 Å². The van der Waals surface area contributed by atoms with E-state index in [1.165, 1.54) is 13.2 Å². The molecule has 0 aliphatic carbocycles. The Hall–Kier alpha value is -1.72. The summed E-state index contributed by atoms with van der Waals surface area (Å²) in [6, 6.07) is 5.64. The van der Waals surface area contributed by atoms with Crippen LogP contribution in [0.15, 0.2) is 30.3 Å². The van der Waals surface area contributed by atoms with Crippen molar-refractivity contribution in [3.63, 3.8) is 0 Å². The van der Waals surface area contributed by atoms with Gasteiger partial charge in [-0.25, -0.2) is 13.2 Å². The zero-order chi connectivity index (χ0) is 14.9. The number of halogens is 4. The lowest BCUT2D eigenvalue weighted by molar-refractivity contribution is 0.415. The van der Waals surface area contributed by atoms with E-state index in [4.69, 9.17) is 22.1 Å². The molecule has 6 heteroatoms. The van der Waals surface area contributed by atoms with E-state index in [-0.39, 0.29) is 5.56 Å². The summed E-state index contributed by atoms with van der Waals surface area (Å²) < 4.78 is 44.3. The van der Waals surface area contributed by atoms with Crippen LogP contribution in [0, 0.1) is 17.5 Å². The molecule has 0 spiro atoms. The highest BCUT2D eigenvalue weighted by molar-refractivity contribution is 6.32. The lowest BCUT2D eigenvalue weighted by Crippen LogP contribution is -2.13. The van der Waals surface area contributed by atoms with Crippen LogP contribution in [0.4, 0.5) is 13.2 Å². The predicted molar refractivity (Wildman–Crippen MR) is 70.4 cm³/mol. The third-order valence-electron chi connectivity index (χ3n) is 2.90. The van der Waals surface area contributed by atoms with Gasteiger partial charge < -0.3 is 10.5 Å². The molecule has 2 rings (SSSR count). The third kappa shape index (κ3) is 2.73. The maximum atomic E-state index is 13.2. The lowest BCUT2D eigenvalue weighted by Gasteiger charge is -2.14. The standard InChI is InChI=1S/C14H11ClF3NO/c1-20-12-3-2-7(4-9(12)15)14(19)8-5-10(16)13(18)11(17)6-8/h2-6,14H,19H2,1H3. The number of nitrogens with two attached hydrogens (primary N) is 1. The minimum Gasteiger partial charge on any atom is -0.495 e. The molecule has 106 valence electrons.